The first-order valence-corrected chi connectivity index (χ1v) is 14.4. The molecular formula is C29H33ClN4O3S. The van der Waals surface area contributed by atoms with Crippen LogP contribution in [0.1, 0.15) is 43.2 Å². The topological polar surface area (TPSA) is 66.0 Å². The maximum absolute atomic E-state index is 13.7. The molecule has 1 fully saturated rings. The Kier molecular flexibility index (Phi) is 8.61. The second kappa shape index (κ2) is 12.3. The highest BCUT2D eigenvalue weighted by Crippen LogP contribution is 2.32. The van der Waals surface area contributed by atoms with E-state index in [2.05, 4.69) is 9.88 Å². The van der Waals surface area contributed by atoms with Crippen LogP contribution in [-0.4, -0.2) is 58.4 Å². The van der Waals surface area contributed by atoms with Gasteiger partial charge >= 0.3 is 0 Å². The molecule has 2 amide bonds. The minimum absolute atomic E-state index is 0.0134. The van der Waals surface area contributed by atoms with Crippen molar-refractivity contribution in [1.29, 1.82) is 0 Å². The Labute approximate surface area is 233 Å². The molecule has 2 bridgehead atoms. The average Bonchev–Trinajstić information content (AvgIpc) is 3.42. The van der Waals surface area contributed by atoms with Gasteiger partial charge in [-0.15, -0.1) is 11.3 Å². The van der Waals surface area contributed by atoms with Gasteiger partial charge in [0, 0.05) is 60.9 Å². The molecule has 5 rings (SSSR count). The fourth-order valence-corrected chi connectivity index (χ4v) is 6.34. The number of carbonyl (C=O) groups is 2. The van der Waals surface area contributed by atoms with Gasteiger partial charge in [0.25, 0.3) is 5.91 Å². The highest BCUT2D eigenvalue weighted by Gasteiger charge is 2.35. The van der Waals surface area contributed by atoms with E-state index in [1.54, 1.807) is 42.5 Å². The molecule has 0 radical (unpaired) electrons. The number of amides is 2. The summed E-state index contributed by atoms with van der Waals surface area (Å²) in [7, 11) is 0. The van der Waals surface area contributed by atoms with Gasteiger partial charge in [0.15, 0.2) is 6.61 Å². The van der Waals surface area contributed by atoms with Crippen molar-refractivity contribution in [1.82, 2.24) is 14.8 Å². The molecule has 2 aromatic carbocycles. The third-order valence-corrected chi connectivity index (χ3v) is 8.50. The number of para-hydroxylation sites is 1. The van der Waals surface area contributed by atoms with E-state index in [4.69, 9.17) is 16.3 Å². The lowest BCUT2D eigenvalue weighted by molar-refractivity contribution is -0.135. The minimum atomic E-state index is -0.0836. The summed E-state index contributed by atoms with van der Waals surface area (Å²) < 4.78 is 5.86. The molecule has 200 valence electrons. The number of aromatic nitrogens is 1. The molecule has 2 aliphatic heterocycles. The van der Waals surface area contributed by atoms with E-state index in [0.29, 0.717) is 36.4 Å². The third-order valence-electron chi connectivity index (χ3n) is 7.48. The predicted octanol–water partition coefficient (Wildman–Crippen LogP) is 5.38. The summed E-state index contributed by atoms with van der Waals surface area (Å²) in [6.07, 6.45) is 5.91. The molecule has 3 heterocycles. The van der Waals surface area contributed by atoms with E-state index in [1.807, 2.05) is 45.6 Å². The molecule has 2 aliphatic rings. The molecule has 7 nitrogen and oxygen atoms in total. The number of piperidine rings is 1. The summed E-state index contributed by atoms with van der Waals surface area (Å²) in [5.74, 6) is 0.533. The summed E-state index contributed by atoms with van der Waals surface area (Å²) in [6, 6.07) is 15.5. The molecule has 2 unspecified atom stereocenters. The summed E-state index contributed by atoms with van der Waals surface area (Å²) in [5, 5.41) is 3.71. The Bertz CT molecular complexity index is 1240. The van der Waals surface area contributed by atoms with Crippen molar-refractivity contribution in [2.45, 2.75) is 57.8 Å². The third kappa shape index (κ3) is 6.37. The van der Waals surface area contributed by atoms with E-state index >= 15 is 0 Å². The number of hydrogen-bond acceptors (Lipinski definition) is 6. The fraction of sp³-hybridized carbons (Fsp3) is 0.414. The predicted molar refractivity (Wildman–Crippen MR) is 151 cm³/mol. The lowest BCUT2D eigenvalue weighted by Crippen LogP contribution is -2.52. The molecule has 0 spiro atoms. The molecular weight excluding hydrogens is 520 g/mol. The van der Waals surface area contributed by atoms with Crippen LogP contribution in [0.15, 0.2) is 60.1 Å². The number of halogens is 1. The Hall–Kier alpha value is -2.94. The first-order valence-electron chi connectivity index (χ1n) is 13.1. The van der Waals surface area contributed by atoms with Gasteiger partial charge < -0.3 is 14.5 Å². The lowest BCUT2D eigenvalue weighted by atomic mass is 9.93. The van der Waals surface area contributed by atoms with Crippen LogP contribution >= 0.6 is 22.9 Å². The molecule has 3 aromatic rings. The van der Waals surface area contributed by atoms with E-state index in [9.17, 15) is 9.59 Å². The van der Waals surface area contributed by atoms with Crippen molar-refractivity contribution < 1.29 is 14.3 Å². The largest absolute Gasteiger partial charge is 0.484 e. The molecule has 0 N–H and O–H groups in total. The van der Waals surface area contributed by atoms with Crippen LogP contribution in [0.25, 0.3) is 0 Å². The van der Waals surface area contributed by atoms with E-state index in [1.165, 1.54) is 0 Å². The Balaban J connectivity index is 1.46. The molecule has 0 aliphatic carbocycles. The molecule has 2 atom stereocenters. The first-order chi connectivity index (χ1) is 18.5. The molecule has 0 saturated carbocycles. The van der Waals surface area contributed by atoms with Crippen LogP contribution in [0, 0.1) is 0 Å². The number of anilines is 1. The maximum Gasteiger partial charge on any atom is 0.260 e. The van der Waals surface area contributed by atoms with Gasteiger partial charge in [0.05, 0.1) is 6.54 Å². The monoisotopic (exact) mass is 552 g/mol. The van der Waals surface area contributed by atoms with Crippen molar-refractivity contribution in [2.75, 3.05) is 24.6 Å². The van der Waals surface area contributed by atoms with Crippen LogP contribution in [0.4, 0.5) is 5.69 Å². The van der Waals surface area contributed by atoms with Gasteiger partial charge in [0.2, 0.25) is 5.91 Å². The molecule has 9 heteroatoms. The van der Waals surface area contributed by atoms with E-state index < -0.39 is 0 Å². The summed E-state index contributed by atoms with van der Waals surface area (Å²) in [5.41, 5.74) is 1.84. The van der Waals surface area contributed by atoms with Gasteiger partial charge in [-0.2, -0.15) is 0 Å². The van der Waals surface area contributed by atoms with Gasteiger partial charge in [-0.25, -0.2) is 4.98 Å². The van der Waals surface area contributed by atoms with E-state index in [0.717, 1.165) is 48.5 Å². The number of benzene rings is 2. The van der Waals surface area contributed by atoms with Gasteiger partial charge in [-0.3, -0.25) is 14.5 Å². The van der Waals surface area contributed by atoms with Gasteiger partial charge in [0.1, 0.15) is 10.8 Å². The smallest absolute Gasteiger partial charge is 0.260 e. The van der Waals surface area contributed by atoms with Crippen molar-refractivity contribution >= 4 is 40.4 Å². The number of rotatable bonds is 5. The Morgan fingerprint density at radius 1 is 1.08 bits per heavy atom. The zero-order valence-electron chi connectivity index (χ0n) is 21.6. The van der Waals surface area contributed by atoms with Gasteiger partial charge in [-0.1, -0.05) is 36.2 Å². The quantitative estimate of drug-likeness (QED) is 0.425. The fourth-order valence-electron chi connectivity index (χ4n) is 5.59. The number of fused-ring (bicyclic) bond motifs is 3. The van der Waals surface area contributed by atoms with Crippen molar-refractivity contribution in [3.8, 4) is 5.75 Å². The van der Waals surface area contributed by atoms with Crippen LogP contribution in [0.5, 0.6) is 5.75 Å². The van der Waals surface area contributed by atoms with Crippen LogP contribution in [0.2, 0.25) is 5.02 Å². The second-order valence-corrected chi connectivity index (χ2v) is 11.4. The number of nitrogens with zero attached hydrogens (tertiary/aromatic N) is 4. The van der Waals surface area contributed by atoms with Crippen molar-refractivity contribution in [3.63, 3.8) is 0 Å². The molecule has 38 heavy (non-hydrogen) atoms. The number of thiazole rings is 1. The number of hydrogen-bond donors (Lipinski definition) is 0. The highest BCUT2D eigenvalue weighted by atomic mass is 35.5. The second-order valence-electron chi connectivity index (χ2n) is 9.94. The first kappa shape index (κ1) is 26.7. The Morgan fingerprint density at radius 2 is 1.87 bits per heavy atom. The van der Waals surface area contributed by atoms with Crippen LogP contribution in [-0.2, 0) is 22.7 Å². The normalized spacial score (nSPS) is 20.4. The van der Waals surface area contributed by atoms with Crippen LogP contribution < -0.4 is 9.64 Å². The number of ether oxygens (including phenoxy) is 1. The standard InChI is InChI=1S/C29H33ClN4O3S/c1-21(35)33-15-13-24-6-4-7-25(34(24)19-28-31-14-16-38-28)18-32(17-22-5-2-3-8-27(22)33)29(36)20-37-26-11-9-23(30)10-12-26/h2-3,5,8-12,14,16,24-25H,4,6-7,13,15,17-20H2,1H3. The maximum atomic E-state index is 13.7. The zero-order valence-corrected chi connectivity index (χ0v) is 23.2. The van der Waals surface area contributed by atoms with Crippen molar-refractivity contribution in [3.05, 3.63) is 75.7 Å². The van der Waals surface area contributed by atoms with Gasteiger partial charge in [-0.05, 0) is 55.2 Å². The SMILES string of the molecule is CC(=O)N1CCC2CCCC(CN(C(=O)COc3ccc(Cl)cc3)Cc3ccccc31)N2Cc1nccs1. The molecule has 1 aromatic heterocycles. The van der Waals surface area contributed by atoms with Crippen molar-refractivity contribution in [2.24, 2.45) is 0 Å². The zero-order chi connectivity index (χ0) is 26.5. The average molecular weight is 553 g/mol. The summed E-state index contributed by atoms with van der Waals surface area (Å²) in [6.45, 7) is 3.96. The minimum Gasteiger partial charge on any atom is -0.484 e. The highest BCUT2D eigenvalue weighted by molar-refractivity contribution is 7.09. The Morgan fingerprint density at radius 3 is 2.63 bits per heavy atom. The number of carbonyl (C=O) groups excluding carboxylic acids is 2. The van der Waals surface area contributed by atoms with Crippen LogP contribution in [0.3, 0.4) is 0 Å². The van der Waals surface area contributed by atoms with E-state index in [-0.39, 0.29) is 24.5 Å². The lowest BCUT2D eigenvalue weighted by Gasteiger charge is -2.43. The molecule has 1 saturated heterocycles. The summed E-state index contributed by atoms with van der Waals surface area (Å²) >= 11 is 7.66. The summed E-state index contributed by atoms with van der Waals surface area (Å²) in [4.78, 5) is 37.3.